The molecule has 0 spiro atoms. The zero-order chi connectivity index (χ0) is 15.5. The molecule has 4 heteroatoms. The van der Waals surface area contributed by atoms with Crippen LogP contribution in [0.4, 0.5) is 0 Å². The third-order valence-corrected chi connectivity index (χ3v) is 5.11. The second-order valence-electron chi connectivity index (χ2n) is 7.15. The molecule has 0 aromatic rings. The molecule has 2 unspecified atom stereocenters. The number of carbonyl (C=O) groups is 1. The lowest BCUT2D eigenvalue weighted by atomic mass is 9.98. The minimum absolute atomic E-state index is 0.136. The summed E-state index contributed by atoms with van der Waals surface area (Å²) in [6, 6.07) is 0. The molecule has 1 N–H and O–H groups in total. The van der Waals surface area contributed by atoms with E-state index < -0.39 is 5.54 Å². The molecule has 1 heterocycles. The molecule has 2 aliphatic rings. The molecule has 1 amide bonds. The van der Waals surface area contributed by atoms with Crippen molar-refractivity contribution in [2.24, 2.45) is 5.92 Å². The average Bonchev–Trinajstić information content (AvgIpc) is 2.74. The number of hydrogen-bond donors (Lipinski definition) is 1. The Morgan fingerprint density at radius 2 is 2.00 bits per heavy atom. The molecule has 0 radical (unpaired) electrons. The number of nitrogens with zero attached hydrogens (tertiary/aromatic N) is 1. The Hall–Kier alpha value is -0.610. The van der Waals surface area contributed by atoms with E-state index in [9.17, 15) is 4.79 Å². The number of ether oxygens (including phenoxy) is 1. The Kier molecular flexibility index (Phi) is 5.67. The summed E-state index contributed by atoms with van der Waals surface area (Å²) in [6.07, 6.45) is 7.68. The zero-order valence-corrected chi connectivity index (χ0v) is 14.2. The molecule has 21 heavy (non-hydrogen) atoms. The summed E-state index contributed by atoms with van der Waals surface area (Å²) < 4.78 is 6.00. The Balaban J connectivity index is 1.88. The second kappa shape index (κ2) is 7.10. The minimum atomic E-state index is -0.403. The molecule has 0 bridgehead atoms. The third-order valence-electron chi connectivity index (χ3n) is 5.11. The lowest BCUT2D eigenvalue weighted by Crippen LogP contribution is -2.45. The van der Waals surface area contributed by atoms with Crippen LogP contribution in [-0.4, -0.2) is 41.8 Å². The van der Waals surface area contributed by atoms with Crippen molar-refractivity contribution in [1.29, 1.82) is 0 Å². The summed E-state index contributed by atoms with van der Waals surface area (Å²) in [5.74, 6) is 0.646. The third kappa shape index (κ3) is 3.78. The molecule has 0 aromatic heterocycles. The molecular weight excluding hydrogens is 264 g/mol. The van der Waals surface area contributed by atoms with Crippen molar-refractivity contribution < 1.29 is 9.53 Å². The highest BCUT2D eigenvalue weighted by molar-refractivity contribution is 5.88. The van der Waals surface area contributed by atoms with E-state index in [1.807, 2.05) is 11.8 Å². The largest absolute Gasteiger partial charge is 0.376 e. The van der Waals surface area contributed by atoms with Gasteiger partial charge in [-0.15, -0.1) is 0 Å². The van der Waals surface area contributed by atoms with Crippen molar-refractivity contribution in [2.75, 3.05) is 13.2 Å². The smallest absolute Gasteiger partial charge is 0.243 e. The van der Waals surface area contributed by atoms with Crippen molar-refractivity contribution in [2.45, 2.75) is 84.0 Å². The van der Waals surface area contributed by atoms with E-state index in [-0.39, 0.29) is 12.1 Å². The van der Waals surface area contributed by atoms with Crippen LogP contribution in [0, 0.1) is 5.92 Å². The number of nitrogens with one attached hydrogen (secondary N) is 1. The topological polar surface area (TPSA) is 41.6 Å². The molecule has 2 atom stereocenters. The number of carbonyl (C=O) groups excluding carboxylic acids is 1. The summed E-state index contributed by atoms with van der Waals surface area (Å²) in [5.41, 5.74) is -0.403. The highest BCUT2D eigenvalue weighted by atomic mass is 16.5. The number of rotatable bonds is 6. The van der Waals surface area contributed by atoms with Gasteiger partial charge >= 0.3 is 0 Å². The van der Waals surface area contributed by atoms with E-state index in [1.165, 1.54) is 32.1 Å². The fourth-order valence-corrected chi connectivity index (χ4v) is 3.48. The van der Waals surface area contributed by atoms with Crippen LogP contribution in [0.5, 0.6) is 0 Å². The average molecular weight is 296 g/mol. The van der Waals surface area contributed by atoms with Gasteiger partial charge in [0.1, 0.15) is 0 Å². The second-order valence-corrected chi connectivity index (χ2v) is 7.15. The molecule has 1 aliphatic carbocycles. The van der Waals surface area contributed by atoms with E-state index in [0.29, 0.717) is 25.2 Å². The van der Waals surface area contributed by atoms with Crippen molar-refractivity contribution in [1.82, 2.24) is 10.2 Å². The van der Waals surface area contributed by atoms with Gasteiger partial charge in [0.25, 0.3) is 0 Å². The number of amides is 1. The van der Waals surface area contributed by atoms with Gasteiger partial charge in [-0.1, -0.05) is 40.0 Å². The molecule has 0 aromatic carbocycles. The van der Waals surface area contributed by atoms with Gasteiger partial charge in [-0.05, 0) is 32.1 Å². The molecule has 1 saturated carbocycles. The summed E-state index contributed by atoms with van der Waals surface area (Å²) in [5, 5.41) is 3.53. The van der Waals surface area contributed by atoms with Crippen molar-refractivity contribution in [3.63, 3.8) is 0 Å². The fourth-order valence-electron chi connectivity index (χ4n) is 3.48. The molecule has 4 nitrogen and oxygen atoms in total. The Morgan fingerprint density at radius 3 is 2.57 bits per heavy atom. The van der Waals surface area contributed by atoms with Crippen molar-refractivity contribution in [3.8, 4) is 0 Å². The maximum atomic E-state index is 12.7. The van der Waals surface area contributed by atoms with Gasteiger partial charge in [-0.3, -0.25) is 10.1 Å². The minimum Gasteiger partial charge on any atom is -0.376 e. The van der Waals surface area contributed by atoms with E-state index in [4.69, 9.17) is 4.74 Å². The first-order chi connectivity index (χ1) is 9.98. The molecule has 2 fully saturated rings. The van der Waals surface area contributed by atoms with Crippen LogP contribution in [0.15, 0.2) is 0 Å². The van der Waals surface area contributed by atoms with E-state index in [2.05, 4.69) is 26.1 Å². The summed E-state index contributed by atoms with van der Waals surface area (Å²) >= 11 is 0. The summed E-state index contributed by atoms with van der Waals surface area (Å²) in [4.78, 5) is 14.7. The first-order valence-corrected chi connectivity index (χ1v) is 8.68. The predicted molar refractivity (Wildman–Crippen MR) is 85.0 cm³/mol. The van der Waals surface area contributed by atoms with Gasteiger partial charge in [0.2, 0.25) is 5.91 Å². The van der Waals surface area contributed by atoms with Gasteiger partial charge in [-0.2, -0.15) is 0 Å². The Morgan fingerprint density at radius 1 is 1.33 bits per heavy atom. The fraction of sp³-hybridized carbons (Fsp3) is 0.941. The summed E-state index contributed by atoms with van der Waals surface area (Å²) in [7, 11) is 0. The van der Waals surface area contributed by atoms with E-state index in [1.54, 1.807) is 0 Å². The quantitative estimate of drug-likeness (QED) is 0.819. The highest BCUT2D eigenvalue weighted by Crippen LogP contribution is 2.27. The predicted octanol–water partition coefficient (Wildman–Crippen LogP) is 2.92. The normalized spacial score (nSPS) is 31.4. The maximum absolute atomic E-state index is 12.7. The van der Waals surface area contributed by atoms with Crippen LogP contribution in [0.2, 0.25) is 0 Å². The zero-order valence-electron chi connectivity index (χ0n) is 14.2. The van der Waals surface area contributed by atoms with Gasteiger partial charge in [-0.25, -0.2) is 0 Å². The molecular formula is C17H32N2O2. The molecule has 122 valence electrons. The maximum Gasteiger partial charge on any atom is 0.243 e. The van der Waals surface area contributed by atoms with E-state index >= 15 is 0 Å². The Labute approximate surface area is 129 Å². The van der Waals surface area contributed by atoms with Crippen LogP contribution in [0.25, 0.3) is 0 Å². The van der Waals surface area contributed by atoms with E-state index in [0.717, 1.165) is 6.42 Å². The van der Waals surface area contributed by atoms with Crippen molar-refractivity contribution >= 4 is 5.91 Å². The van der Waals surface area contributed by atoms with Crippen LogP contribution in [0.1, 0.15) is 66.2 Å². The van der Waals surface area contributed by atoms with Gasteiger partial charge in [0.15, 0.2) is 0 Å². The van der Waals surface area contributed by atoms with Crippen molar-refractivity contribution in [3.05, 3.63) is 0 Å². The van der Waals surface area contributed by atoms with Crippen LogP contribution in [0.3, 0.4) is 0 Å². The standard InChI is InChI=1S/C17H32N2O2/c1-5-17(4)16(20)19(15(18-17)13(2)3)11-12-21-14-9-7-6-8-10-14/h13-15,18H,5-12H2,1-4H3. The van der Waals surface area contributed by atoms with Gasteiger partial charge in [0, 0.05) is 6.54 Å². The van der Waals surface area contributed by atoms with Gasteiger partial charge < -0.3 is 9.64 Å². The molecule has 1 aliphatic heterocycles. The first kappa shape index (κ1) is 16.8. The SMILES string of the molecule is CCC1(C)NC(C(C)C)N(CCOC2CCCCC2)C1=O. The monoisotopic (exact) mass is 296 g/mol. The molecule has 1 saturated heterocycles. The lowest BCUT2D eigenvalue weighted by molar-refractivity contribution is -0.134. The lowest BCUT2D eigenvalue weighted by Gasteiger charge is -2.28. The highest BCUT2D eigenvalue weighted by Gasteiger charge is 2.47. The first-order valence-electron chi connectivity index (χ1n) is 8.68. The molecule has 2 rings (SSSR count). The summed E-state index contributed by atoms with van der Waals surface area (Å²) in [6.45, 7) is 9.81. The Bertz CT molecular complexity index is 353. The van der Waals surface area contributed by atoms with Crippen LogP contribution in [-0.2, 0) is 9.53 Å². The van der Waals surface area contributed by atoms with Crippen LogP contribution < -0.4 is 5.32 Å². The van der Waals surface area contributed by atoms with Gasteiger partial charge in [0.05, 0.1) is 24.4 Å². The van der Waals surface area contributed by atoms with Crippen LogP contribution >= 0.6 is 0 Å². The number of hydrogen-bond acceptors (Lipinski definition) is 3.